The average molecular weight is 180 g/mol. The van der Waals surface area contributed by atoms with Gasteiger partial charge in [0.1, 0.15) is 0 Å². The molecule has 0 radical (unpaired) electrons. The minimum absolute atomic E-state index is 0.206. The summed E-state index contributed by atoms with van der Waals surface area (Å²) in [5.74, 6) is -1.98. The first-order valence-corrected chi connectivity index (χ1v) is 3.55. The van der Waals surface area contributed by atoms with Crippen LogP contribution in [-0.2, 0) is 4.79 Å². The Bertz CT molecular complexity index is 323. The second-order valence-electron chi connectivity index (χ2n) is 2.42. The highest BCUT2D eigenvalue weighted by molar-refractivity contribution is 6.11. The molecule has 3 N–H and O–H groups in total. The van der Waals surface area contributed by atoms with Gasteiger partial charge in [-0.1, -0.05) is 0 Å². The van der Waals surface area contributed by atoms with Gasteiger partial charge in [0.2, 0.25) is 0 Å². The van der Waals surface area contributed by atoms with Gasteiger partial charge in [0.15, 0.2) is 11.8 Å². The summed E-state index contributed by atoms with van der Waals surface area (Å²) in [5, 5.41) is 8.45. The topological polar surface area (TPSA) is 93.3 Å². The number of hydrogen-bond acceptors (Lipinski definition) is 4. The molecule has 5 nitrogen and oxygen atoms in total. The third-order valence-corrected chi connectivity index (χ3v) is 1.49. The van der Waals surface area contributed by atoms with Crippen molar-refractivity contribution in [2.24, 2.45) is 5.73 Å². The van der Waals surface area contributed by atoms with Crippen molar-refractivity contribution in [2.45, 2.75) is 6.04 Å². The van der Waals surface area contributed by atoms with Crippen LogP contribution in [0.2, 0.25) is 0 Å². The summed E-state index contributed by atoms with van der Waals surface area (Å²) in [4.78, 5) is 25.3. The second-order valence-corrected chi connectivity index (χ2v) is 2.42. The molecule has 1 atom stereocenters. The van der Waals surface area contributed by atoms with E-state index >= 15 is 0 Å². The fourth-order valence-electron chi connectivity index (χ4n) is 0.800. The number of carboxylic acid groups (broad SMARTS) is 1. The number of nitrogens with zero attached hydrogens (tertiary/aromatic N) is 1. The van der Waals surface area contributed by atoms with Gasteiger partial charge in [0.05, 0.1) is 0 Å². The SMILES string of the molecule is NC(C(=O)O)C(=O)c1cccnc1. The number of carbonyl (C=O) groups excluding carboxylic acids is 1. The molecule has 1 unspecified atom stereocenters. The molecular weight excluding hydrogens is 172 g/mol. The Morgan fingerprint density at radius 3 is 2.69 bits per heavy atom. The van der Waals surface area contributed by atoms with E-state index in [2.05, 4.69) is 4.98 Å². The summed E-state index contributed by atoms with van der Waals surface area (Å²) in [7, 11) is 0. The Balaban J connectivity index is 2.86. The second kappa shape index (κ2) is 3.77. The standard InChI is InChI=1S/C8H8N2O3/c9-6(8(12)13)7(11)5-2-1-3-10-4-5/h1-4,6H,9H2,(H,12,13). The van der Waals surface area contributed by atoms with Crippen molar-refractivity contribution in [2.75, 3.05) is 0 Å². The summed E-state index contributed by atoms with van der Waals surface area (Å²) in [6.07, 6.45) is 2.77. The third kappa shape index (κ3) is 2.09. The maximum atomic E-state index is 11.2. The predicted octanol–water partition coefficient (Wildman–Crippen LogP) is -0.324. The number of rotatable bonds is 3. The normalized spacial score (nSPS) is 12.1. The minimum Gasteiger partial charge on any atom is -0.480 e. The number of Topliss-reactive ketones (excluding diaryl/α,β-unsaturated/α-hetero) is 1. The van der Waals surface area contributed by atoms with Crippen LogP contribution in [-0.4, -0.2) is 27.9 Å². The molecule has 1 aromatic rings. The summed E-state index contributed by atoms with van der Waals surface area (Å²) >= 11 is 0. The quantitative estimate of drug-likeness (QED) is 0.491. The van der Waals surface area contributed by atoms with Gasteiger partial charge in [-0.2, -0.15) is 0 Å². The van der Waals surface area contributed by atoms with Crippen molar-refractivity contribution in [3.63, 3.8) is 0 Å². The molecule has 0 aromatic carbocycles. The van der Waals surface area contributed by atoms with Gasteiger partial charge in [0.25, 0.3) is 0 Å². The summed E-state index contributed by atoms with van der Waals surface area (Å²) in [6, 6.07) is 1.50. The lowest BCUT2D eigenvalue weighted by Gasteiger charge is -2.03. The molecule has 0 saturated heterocycles. The van der Waals surface area contributed by atoms with Gasteiger partial charge < -0.3 is 10.8 Å². The smallest absolute Gasteiger partial charge is 0.328 e. The van der Waals surface area contributed by atoms with Crippen LogP contribution in [0, 0.1) is 0 Å². The Labute approximate surface area is 74.2 Å². The maximum Gasteiger partial charge on any atom is 0.328 e. The van der Waals surface area contributed by atoms with Gasteiger partial charge in [-0.25, -0.2) is 0 Å². The molecule has 1 heterocycles. The fraction of sp³-hybridized carbons (Fsp3) is 0.125. The van der Waals surface area contributed by atoms with E-state index < -0.39 is 17.8 Å². The molecule has 0 bridgehead atoms. The minimum atomic E-state index is -1.51. The monoisotopic (exact) mass is 180 g/mol. The lowest BCUT2D eigenvalue weighted by Crippen LogP contribution is -2.38. The molecule has 0 spiro atoms. The van der Waals surface area contributed by atoms with E-state index in [1.165, 1.54) is 18.5 Å². The Morgan fingerprint density at radius 1 is 1.54 bits per heavy atom. The molecule has 5 heteroatoms. The Kier molecular flexibility index (Phi) is 2.71. The Morgan fingerprint density at radius 2 is 2.23 bits per heavy atom. The summed E-state index contributed by atoms with van der Waals surface area (Å²) in [6.45, 7) is 0. The molecule has 13 heavy (non-hydrogen) atoms. The van der Waals surface area contributed by atoms with Crippen molar-refractivity contribution in [1.82, 2.24) is 4.98 Å². The van der Waals surface area contributed by atoms with E-state index in [1.54, 1.807) is 6.07 Å². The number of nitrogens with two attached hydrogens (primary N) is 1. The average Bonchev–Trinajstić information content (AvgIpc) is 2.17. The number of pyridine rings is 1. The van der Waals surface area contributed by atoms with E-state index in [0.29, 0.717) is 0 Å². The van der Waals surface area contributed by atoms with Crippen LogP contribution in [0.4, 0.5) is 0 Å². The number of aromatic nitrogens is 1. The van der Waals surface area contributed by atoms with Crippen LogP contribution < -0.4 is 5.73 Å². The summed E-state index contributed by atoms with van der Waals surface area (Å²) < 4.78 is 0. The molecule has 0 fully saturated rings. The molecular formula is C8H8N2O3. The zero-order valence-corrected chi connectivity index (χ0v) is 6.68. The van der Waals surface area contributed by atoms with Gasteiger partial charge in [-0.3, -0.25) is 14.6 Å². The highest BCUT2D eigenvalue weighted by atomic mass is 16.4. The maximum absolute atomic E-state index is 11.2. The number of carboxylic acids is 1. The predicted molar refractivity (Wildman–Crippen MR) is 44.2 cm³/mol. The number of ketones is 1. The van der Waals surface area contributed by atoms with Crippen LogP contribution in [0.25, 0.3) is 0 Å². The third-order valence-electron chi connectivity index (χ3n) is 1.49. The van der Waals surface area contributed by atoms with Gasteiger partial charge in [-0.15, -0.1) is 0 Å². The molecule has 68 valence electrons. The van der Waals surface area contributed by atoms with Crippen LogP contribution in [0.15, 0.2) is 24.5 Å². The van der Waals surface area contributed by atoms with E-state index in [9.17, 15) is 9.59 Å². The molecule has 1 rings (SSSR count). The van der Waals surface area contributed by atoms with Crippen LogP contribution in [0.1, 0.15) is 10.4 Å². The van der Waals surface area contributed by atoms with Crippen molar-refractivity contribution in [3.05, 3.63) is 30.1 Å². The van der Waals surface area contributed by atoms with Gasteiger partial charge in [-0.05, 0) is 12.1 Å². The zero-order valence-electron chi connectivity index (χ0n) is 6.68. The van der Waals surface area contributed by atoms with Crippen LogP contribution >= 0.6 is 0 Å². The Hall–Kier alpha value is -1.75. The van der Waals surface area contributed by atoms with Crippen molar-refractivity contribution in [3.8, 4) is 0 Å². The van der Waals surface area contributed by atoms with E-state index in [0.717, 1.165) is 0 Å². The number of hydrogen-bond donors (Lipinski definition) is 2. The molecule has 0 aliphatic rings. The highest BCUT2D eigenvalue weighted by Crippen LogP contribution is 1.99. The van der Waals surface area contributed by atoms with E-state index in [1.807, 2.05) is 0 Å². The fourth-order valence-corrected chi connectivity index (χ4v) is 0.800. The van der Waals surface area contributed by atoms with Crippen molar-refractivity contribution in [1.29, 1.82) is 0 Å². The number of carbonyl (C=O) groups is 2. The van der Waals surface area contributed by atoms with Crippen molar-refractivity contribution < 1.29 is 14.7 Å². The first-order valence-electron chi connectivity index (χ1n) is 3.55. The zero-order chi connectivity index (χ0) is 9.84. The largest absolute Gasteiger partial charge is 0.480 e. The molecule has 0 aliphatic carbocycles. The van der Waals surface area contributed by atoms with Gasteiger partial charge >= 0.3 is 5.97 Å². The molecule has 0 aliphatic heterocycles. The van der Waals surface area contributed by atoms with Crippen molar-refractivity contribution >= 4 is 11.8 Å². The first-order chi connectivity index (χ1) is 6.13. The number of aliphatic carboxylic acids is 1. The molecule has 1 aromatic heterocycles. The molecule has 0 saturated carbocycles. The first kappa shape index (κ1) is 9.34. The summed E-state index contributed by atoms with van der Waals surface area (Å²) in [5.41, 5.74) is 5.32. The lowest BCUT2D eigenvalue weighted by atomic mass is 10.1. The van der Waals surface area contributed by atoms with Crippen LogP contribution in [0.3, 0.4) is 0 Å². The lowest BCUT2D eigenvalue weighted by molar-refractivity contribution is -0.137. The van der Waals surface area contributed by atoms with Crippen LogP contribution in [0.5, 0.6) is 0 Å². The van der Waals surface area contributed by atoms with E-state index in [4.69, 9.17) is 10.8 Å². The van der Waals surface area contributed by atoms with Gasteiger partial charge in [0, 0.05) is 18.0 Å². The highest BCUT2D eigenvalue weighted by Gasteiger charge is 2.22. The molecule has 0 amide bonds. The van der Waals surface area contributed by atoms with E-state index in [-0.39, 0.29) is 5.56 Å².